The van der Waals surface area contributed by atoms with Gasteiger partial charge in [0.05, 0.1) is 12.3 Å². The van der Waals surface area contributed by atoms with Crippen molar-refractivity contribution in [2.45, 2.75) is 33.2 Å². The fourth-order valence-electron chi connectivity index (χ4n) is 3.45. The molecule has 0 saturated heterocycles. The van der Waals surface area contributed by atoms with Crippen LogP contribution in [0.4, 0.5) is 0 Å². The van der Waals surface area contributed by atoms with E-state index in [1.165, 1.54) is 5.56 Å². The van der Waals surface area contributed by atoms with Crippen LogP contribution in [0.2, 0.25) is 0 Å². The first-order chi connectivity index (χ1) is 16.1. The van der Waals surface area contributed by atoms with Crippen molar-refractivity contribution in [2.24, 2.45) is 0 Å². The first-order valence-corrected chi connectivity index (χ1v) is 12.0. The van der Waals surface area contributed by atoms with E-state index < -0.39 is 0 Å². The lowest BCUT2D eigenvalue weighted by atomic mass is 10.1. The molecule has 4 rings (SSSR count). The summed E-state index contributed by atoms with van der Waals surface area (Å²) in [6, 6.07) is 24.6. The number of carbonyl (C=O) groups excluding carboxylic acids is 1. The lowest BCUT2D eigenvalue weighted by Crippen LogP contribution is -2.22. The van der Waals surface area contributed by atoms with Crippen LogP contribution in [0.3, 0.4) is 0 Å². The quantitative estimate of drug-likeness (QED) is 0.290. The van der Waals surface area contributed by atoms with Crippen LogP contribution in [0, 0.1) is 13.8 Å². The summed E-state index contributed by atoms with van der Waals surface area (Å²) in [6.45, 7) is 5.15. The number of hydrogen-bond donors (Lipinski definition) is 1. The molecule has 1 aromatic heterocycles. The number of ether oxygens (including phenoxy) is 1. The summed E-state index contributed by atoms with van der Waals surface area (Å²) in [7, 11) is 0. The van der Waals surface area contributed by atoms with Crippen LogP contribution in [-0.2, 0) is 11.3 Å². The number of carbonyl (C=O) groups is 1. The number of hydrogen-bond acceptors (Lipinski definition) is 4. The molecule has 0 atom stereocenters. The average molecular weight is 457 g/mol. The molecule has 0 fully saturated rings. The predicted octanol–water partition coefficient (Wildman–Crippen LogP) is 6.57. The van der Waals surface area contributed by atoms with Crippen molar-refractivity contribution in [3.05, 3.63) is 94.9 Å². The van der Waals surface area contributed by atoms with Crippen LogP contribution in [0.25, 0.3) is 21.8 Å². The van der Waals surface area contributed by atoms with Crippen LogP contribution in [-0.4, -0.2) is 17.5 Å². The Hall–Kier alpha value is -3.44. The minimum absolute atomic E-state index is 0.0372. The first-order valence-electron chi connectivity index (χ1n) is 11.2. The maximum absolute atomic E-state index is 12.2. The van der Waals surface area contributed by atoms with E-state index in [1.807, 2.05) is 43.3 Å². The van der Waals surface area contributed by atoms with E-state index in [0.29, 0.717) is 26.0 Å². The number of para-hydroxylation sites is 1. The molecule has 0 aliphatic rings. The number of rotatable bonds is 9. The molecular formula is C28H28N2O2S. The van der Waals surface area contributed by atoms with E-state index in [2.05, 4.69) is 54.0 Å². The van der Waals surface area contributed by atoms with Crippen molar-refractivity contribution in [3.63, 3.8) is 0 Å². The van der Waals surface area contributed by atoms with Crippen LogP contribution >= 0.6 is 11.3 Å². The van der Waals surface area contributed by atoms with Crippen molar-refractivity contribution in [2.75, 3.05) is 6.61 Å². The fraction of sp³-hybridized carbons (Fsp3) is 0.214. The molecule has 5 heteroatoms. The lowest BCUT2D eigenvalue weighted by molar-refractivity contribution is -0.121. The molecule has 0 bridgehead atoms. The summed E-state index contributed by atoms with van der Waals surface area (Å²) in [6.07, 6.45) is 1.14. The van der Waals surface area contributed by atoms with Crippen LogP contribution in [0.15, 0.2) is 78.2 Å². The van der Waals surface area contributed by atoms with Gasteiger partial charge in [0.15, 0.2) is 0 Å². The van der Waals surface area contributed by atoms with Gasteiger partial charge in [-0.15, -0.1) is 11.3 Å². The van der Waals surface area contributed by atoms with E-state index in [0.717, 1.165) is 38.7 Å². The van der Waals surface area contributed by atoms with Gasteiger partial charge >= 0.3 is 0 Å². The third-order valence-corrected chi connectivity index (χ3v) is 6.33. The number of nitrogens with one attached hydrogen (secondary N) is 1. The van der Waals surface area contributed by atoms with Gasteiger partial charge in [-0.3, -0.25) is 4.79 Å². The second-order valence-corrected chi connectivity index (χ2v) is 8.95. The van der Waals surface area contributed by atoms with Gasteiger partial charge < -0.3 is 10.1 Å². The zero-order valence-electron chi connectivity index (χ0n) is 19.0. The molecule has 1 N–H and O–H groups in total. The summed E-state index contributed by atoms with van der Waals surface area (Å²) in [5.41, 5.74) is 6.63. The van der Waals surface area contributed by atoms with E-state index in [1.54, 1.807) is 11.3 Å². The fourth-order valence-corrected chi connectivity index (χ4v) is 4.29. The Kier molecular flexibility index (Phi) is 7.53. The van der Waals surface area contributed by atoms with E-state index >= 15 is 0 Å². The highest BCUT2D eigenvalue weighted by atomic mass is 32.1. The molecule has 0 radical (unpaired) electrons. The first kappa shape index (κ1) is 22.7. The molecule has 0 spiro atoms. The number of nitrogens with zero attached hydrogens (tertiary/aromatic N) is 1. The Labute approximate surface area is 199 Å². The summed E-state index contributed by atoms with van der Waals surface area (Å²) >= 11 is 1.64. The Morgan fingerprint density at radius 3 is 2.42 bits per heavy atom. The highest BCUT2D eigenvalue weighted by Gasteiger charge is 2.08. The maximum Gasteiger partial charge on any atom is 0.220 e. The molecule has 3 aromatic carbocycles. The smallest absolute Gasteiger partial charge is 0.220 e. The number of aryl methyl sites for hydroxylation is 2. The Balaban J connectivity index is 1.23. The molecule has 0 unspecified atom stereocenters. The summed E-state index contributed by atoms with van der Waals surface area (Å²) < 4.78 is 5.76. The van der Waals surface area contributed by atoms with Gasteiger partial charge in [0.2, 0.25) is 5.91 Å². The third kappa shape index (κ3) is 6.30. The van der Waals surface area contributed by atoms with Gasteiger partial charge in [0, 0.05) is 29.5 Å². The van der Waals surface area contributed by atoms with Gasteiger partial charge in [0.25, 0.3) is 0 Å². The zero-order valence-corrected chi connectivity index (χ0v) is 19.8. The Morgan fingerprint density at radius 2 is 1.67 bits per heavy atom. The SMILES string of the molecule is Cc1ccc(-c2csc(-c3ccc(CNC(=O)CCCOc4ccccc4C)cc3)n2)cc1. The molecule has 0 aliphatic carbocycles. The molecular weight excluding hydrogens is 428 g/mol. The number of amides is 1. The molecule has 4 nitrogen and oxygen atoms in total. The summed E-state index contributed by atoms with van der Waals surface area (Å²) in [5, 5.41) is 6.08. The van der Waals surface area contributed by atoms with Crippen LogP contribution in [0.1, 0.15) is 29.5 Å². The van der Waals surface area contributed by atoms with Crippen molar-refractivity contribution in [3.8, 4) is 27.6 Å². The highest BCUT2D eigenvalue weighted by molar-refractivity contribution is 7.13. The number of benzene rings is 3. The molecule has 1 amide bonds. The summed E-state index contributed by atoms with van der Waals surface area (Å²) in [4.78, 5) is 17.0. The lowest BCUT2D eigenvalue weighted by Gasteiger charge is -2.09. The standard InChI is InChI=1S/C28H28N2O2S/c1-20-9-13-23(14-10-20)25-19-33-28(30-25)24-15-11-22(12-16-24)18-29-27(31)8-5-17-32-26-7-4-3-6-21(26)2/h3-4,6-7,9-16,19H,5,8,17-18H2,1-2H3,(H,29,31). The van der Waals surface area contributed by atoms with Gasteiger partial charge in [-0.2, -0.15) is 0 Å². The molecule has 168 valence electrons. The molecule has 0 aliphatic heterocycles. The second kappa shape index (κ2) is 10.9. The van der Waals surface area contributed by atoms with Crippen LogP contribution in [0.5, 0.6) is 5.75 Å². The van der Waals surface area contributed by atoms with E-state index in [4.69, 9.17) is 9.72 Å². The number of thiazole rings is 1. The summed E-state index contributed by atoms with van der Waals surface area (Å²) in [5.74, 6) is 0.916. The third-order valence-electron chi connectivity index (χ3n) is 5.44. The van der Waals surface area contributed by atoms with E-state index in [9.17, 15) is 4.79 Å². The normalized spacial score (nSPS) is 10.7. The minimum atomic E-state index is 0.0372. The highest BCUT2D eigenvalue weighted by Crippen LogP contribution is 2.29. The minimum Gasteiger partial charge on any atom is -0.493 e. The van der Waals surface area contributed by atoms with Crippen molar-refractivity contribution < 1.29 is 9.53 Å². The monoisotopic (exact) mass is 456 g/mol. The molecule has 33 heavy (non-hydrogen) atoms. The average Bonchev–Trinajstić information content (AvgIpc) is 3.33. The van der Waals surface area contributed by atoms with Gasteiger partial charge in [0.1, 0.15) is 10.8 Å². The van der Waals surface area contributed by atoms with Gasteiger partial charge in [-0.25, -0.2) is 4.98 Å². The topological polar surface area (TPSA) is 51.2 Å². The van der Waals surface area contributed by atoms with Crippen LogP contribution < -0.4 is 10.1 Å². The second-order valence-electron chi connectivity index (χ2n) is 8.10. The zero-order chi connectivity index (χ0) is 23.0. The largest absolute Gasteiger partial charge is 0.493 e. The number of aromatic nitrogens is 1. The van der Waals surface area contributed by atoms with Gasteiger partial charge in [-0.05, 0) is 37.5 Å². The van der Waals surface area contributed by atoms with Crippen molar-refractivity contribution in [1.29, 1.82) is 0 Å². The Morgan fingerprint density at radius 1 is 0.939 bits per heavy atom. The van der Waals surface area contributed by atoms with Gasteiger partial charge in [-0.1, -0.05) is 72.3 Å². The Bertz CT molecular complexity index is 1200. The molecule has 1 heterocycles. The van der Waals surface area contributed by atoms with Crippen molar-refractivity contribution >= 4 is 17.2 Å². The van der Waals surface area contributed by atoms with Crippen molar-refractivity contribution in [1.82, 2.24) is 10.3 Å². The predicted molar refractivity (Wildman–Crippen MR) is 135 cm³/mol. The van der Waals surface area contributed by atoms with E-state index in [-0.39, 0.29) is 5.91 Å². The maximum atomic E-state index is 12.2. The molecule has 4 aromatic rings. The molecule has 0 saturated carbocycles.